The Balaban J connectivity index is 1.64. The minimum Gasteiger partial charge on any atom is -0.439 e. The molecular weight excluding hydrogens is 262 g/mol. The standard InChI is InChI=1S/C17H25N3O/c1-3-12-4-7-14(8-5-12)20(2)11-17-19-15-10-13(18)6-9-16(15)21-17/h6,9-10,12,14H,3-5,7-8,11,18H2,1-2H3. The van der Waals surface area contributed by atoms with Gasteiger partial charge in [-0.3, -0.25) is 4.90 Å². The van der Waals surface area contributed by atoms with Gasteiger partial charge in [0.15, 0.2) is 5.58 Å². The zero-order valence-corrected chi connectivity index (χ0v) is 13.0. The Hall–Kier alpha value is -1.55. The summed E-state index contributed by atoms with van der Waals surface area (Å²) in [4.78, 5) is 6.94. The molecule has 3 rings (SSSR count). The number of nitrogens with two attached hydrogens (primary N) is 1. The highest BCUT2D eigenvalue weighted by molar-refractivity contribution is 5.76. The van der Waals surface area contributed by atoms with Crippen molar-refractivity contribution in [2.24, 2.45) is 5.92 Å². The molecule has 1 aliphatic carbocycles. The Morgan fingerprint density at radius 3 is 2.76 bits per heavy atom. The maximum Gasteiger partial charge on any atom is 0.209 e. The van der Waals surface area contributed by atoms with Gasteiger partial charge in [-0.2, -0.15) is 0 Å². The number of oxazole rings is 1. The second-order valence-electron chi connectivity index (χ2n) is 6.33. The van der Waals surface area contributed by atoms with E-state index in [4.69, 9.17) is 10.2 Å². The highest BCUT2D eigenvalue weighted by Crippen LogP contribution is 2.29. The first kappa shape index (κ1) is 14.4. The van der Waals surface area contributed by atoms with Gasteiger partial charge in [0.2, 0.25) is 5.89 Å². The van der Waals surface area contributed by atoms with E-state index in [1.165, 1.54) is 32.1 Å². The normalized spacial score (nSPS) is 23.0. The molecule has 0 radical (unpaired) electrons. The van der Waals surface area contributed by atoms with Crippen LogP contribution < -0.4 is 5.73 Å². The van der Waals surface area contributed by atoms with Crippen LogP contribution >= 0.6 is 0 Å². The van der Waals surface area contributed by atoms with E-state index in [0.717, 1.165) is 35.1 Å². The summed E-state index contributed by atoms with van der Waals surface area (Å²) in [6.07, 6.45) is 6.62. The van der Waals surface area contributed by atoms with Gasteiger partial charge in [0.1, 0.15) is 5.52 Å². The molecular formula is C17H25N3O. The minimum absolute atomic E-state index is 0.660. The Labute approximate surface area is 126 Å². The predicted molar refractivity (Wildman–Crippen MR) is 85.9 cm³/mol. The molecule has 114 valence electrons. The van der Waals surface area contributed by atoms with Gasteiger partial charge in [-0.25, -0.2) is 4.98 Å². The van der Waals surface area contributed by atoms with Gasteiger partial charge in [-0.05, 0) is 56.8 Å². The molecule has 0 atom stereocenters. The van der Waals surface area contributed by atoms with E-state index in [-0.39, 0.29) is 0 Å². The summed E-state index contributed by atoms with van der Waals surface area (Å²) in [6.45, 7) is 3.08. The summed E-state index contributed by atoms with van der Waals surface area (Å²) in [5.41, 5.74) is 8.19. The molecule has 0 saturated heterocycles. The molecule has 1 aromatic carbocycles. The van der Waals surface area contributed by atoms with Crippen LogP contribution in [0.5, 0.6) is 0 Å². The van der Waals surface area contributed by atoms with Crippen LogP contribution in [0.4, 0.5) is 5.69 Å². The molecule has 0 spiro atoms. The van der Waals surface area contributed by atoms with Gasteiger partial charge < -0.3 is 10.2 Å². The summed E-state index contributed by atoms with van der Waals surface area (Å²) in [6, 6.07) is 6.28. The molecule has 0 bridgehead atoms. The lowest BCUT2D eigenvalue weighted by atomic mass is 9.84. The largest absolute Gasteiger partial charge is 0.439 e. The van der Waals surface area contributed by atoms with Crippen molar-refractivity contribution < 1.29 is 4.42 Å². The second kappa shape index (κ2) is 6.06. The smallest absolute Gasteiger partial charge is 0.209 e. The quantitative estimate of drug-likeness (QED) is 0.869. The fourth-order valence-electron chi connectivity index (χ4n) is 3.40. The molecule has 0 unspecified atom stereocenters. The van der Waals surface area contributed by atoms with Crippen molar-refractivity contribution >= 4 is 16.8 Å². The summed E-state index contributed by atoms with van der Waals surface area (Å²) in [7, 11) is 2.18. The van der Waals surface area contributed by atoms with E-state index in [1.807, 2.05) is 18.2 Å². The van der Waals surface area contributed by atoms with Gasteiger partial charge in [0.25, 0.3) is 0 Å². The highest BCUT2D eigenvalue weighted by atomic mass is 16.3. The van der Waals surface area contributed by atoms with E-state index in [0.29, 0.717) is 6.04 Å². The van der Waals surface area contributed by atoms with Crippen LogP contribution in [0.15, 0.2) is 22.6 Å². The third kappa shape index (κ3) is 3.21. The lowest BCUT2D eigenvalue weighted by Crippen LogP contribution is -2.34. The zero-order chi connectivity index (χ0) is 14.8. The molecule has 0 amide bonds. The topological polar surface area (TPSA) is 55.3 Å². The molecule has 4 nitrogen and oxygen atoms in total. The van der Waals surface area contributed by atoms with Crippen molar-refractivity contribution in [1.29, 1.82) is 0 Å². The lowest BCUT2D eigenvalue weighted by Gasteiger charge is -2.33. The number of hydrogen-bond donors (Lipinski definition) is 1. The van der Waals surface area contributed by atoms with Crippen LogP contribution in [0.3, 0.4) is 0 Å². The Morgan fingerprint density at radius 1 is 1.29 bits per heavy atom. The Kier molecular flexibility index (Phi) is 4.15. The van der Waals surface area contributed by atoms with E-state index < -0.39 is 0 Å². The number of benzene rings is 1. The van der Waals surface area contributed by atoms with Crippen LogP contribution in [-0.4, -0.2) is 23.0 Å². The number of rotatable bonds is 4. The number of fused-ring (bicyclic) bond motifs is 1. The molecule has 2 N–H and O–H groups in total. The molecule has 4 heteroatoms. The first-order valence-corrected chi connectivity index (χ1v) is 8.01. The van der Waals surface area contributed by atoms with Crippen molar-refractivity contribution in [3.05, 3.63) is 24.1 Å². The van der Waals surface area contributed by atoms with E-state index in [2.05, 4.69) is 23.9 Å². The maximum absolute atomic E-state index is 5.82. The number of hydrogen-bond acceptors (Lipinski definition) is 4. The van der Waals surface area contributed by atoms with Crippen molar-refractivity contribution in [3.63, 3.8) is 0 Å². The summed E-state index contributed by atoms with van der Waals surface area (Å²) in [5, 5.41) is 0. The summed E-state index contributed by atoms with van der Waals surface area (Å²) < 4.78 is 5.82. The van der Waals surface area contributed by atoms with Gasteiger partial charge in [-0.15, -0.1) is 0 Å². The third-order valence-corrected chi connectivity index (χ3v) is 4.86. The van der Waals surface area contributed by atoms with Gasteiger partial charge in [-0.1, -0.05) is 13.3 Å². The van der Waals surface area contributed by atoms with Gasteiger partial charge >= 0.3 is 0 Å². The fraction of sp³-hybridized carbons (Fsp3) is 0.588. The number of nitrogen functional groups attached to an aromatic ring is 1. The molecule has 1 aromatic heterocycles. The van der Waals surface area contributed by atoms with Crippen molar-refractivity contribution in [3.8, 4) is 0 Å². The van der Waals surface area contributed by atoms with Crippen molar-refractivity contribution in [2.45, 2.75) is 51.6 Å². The van der Waals surface area contributed by atoms with E-state index >= 15 is 0 Å². The second-order valence-corrected chi connectivity index (χ2v) is 6.33. The Bertz CT molecular complexity index is 599. The van der Waals surface area contributed by atoms with Crippen LogP contribution in [0.1, 0.15) is 44.9 Å². The first-order valence-electron chi connectivity index (χ1n) is 8.01. The van der Waals surface area contributed by atoms with Crippen LogP contribution in [0.2, 0.25) is 0 Å². The third-order valence-electron chi connectivity index (χ3n) is 4.86. The van der Waals surface area contributed by atoms with Crippen LogP contribution in [0, 0.1) is 5.92 Å². The van der Waals surface area contributed by atoms with Crippen molar-refractivity contribution in [1.82, 2.24) is 9.88 Å². The molecule has 0 aliphatic heterocycles. The minimum atomic E-state index is 0.660. The van der Waals surface area contributed by atoms with Crippen molar-refractivity contribution in [2.75, 3.05) is 12.8 Å². The molecule has 1 saturated carbocycles. The van der Waals surface area contributed by atoms with Gasteiger partial charge in [0, 0.05) is 11.7 Å². The molecule has 1 aliphatic rings. The van der Waals surface area contributed by atoms with E-state index in [1.54, 1.807) is 0 Å². The zero-order valence-electron chi connectivity index (χ0n) is 13.0. The Morgan fingerprint density at radius 2 is 2.05 bits per heavy atom. The maximum atomic E-state index is 5.82. The van der Waals surface area contributed by atoms with E-state index in [9.17, 15) is 0 Å². The molecule has 1 heterocycles. The SMILES string of the molecule is CCC1CCC(N(C)Cc2nc3cc(N)ccc3o2)CC1. The highest BCUT2D eigenvalue weighted by Gasteiger charge is 2.24. The number of nitrogens with zero attached hydrogens (tertiary/aromatic N) is 2. The monoisotopic (exact) mass is 287 g/mol. The molecule has 21 heavy (non-hydrogen) atoms. The average Bonchev–Trinajstić information content (AvgIpc) is 2.88. The van der Waals surface area contributed by atoms with Gasteiger partial charge in [0.05, 0.1) is 6.54 Å². The number of aromatic nitrogens is 1. The lowest BCUT2D eigenvalue weighted by molar-refractivity contribution is 0.148. The molecule has 2 aromatic rings. The summed E-state index contributed by atoms with van der Waals surface area (Å²) >= 11 is 0. The molecule has 1 fully saturated rings. The number of anilines is 1. The van der Waals surface area contributed by atoms with Crippen LogP contribution in [-0.2, 0) is 6.54 Å². The fourth-order valence-corrected chi connectivity index (χ4v) is 3.40. The first-order chi connectivity index (χ1) is 10.2. The van der Waals surface area contributed by atoms with Crippen LogP contribution in [0.25, 0.3) is 11.1 Å². The summed E-state index contributed by atoms with van der Waals surface area (Å²) in [5.74, 6) is 1.72. The average molecular weight is 287 g/mol. The predicted octanol–water partition coefficient (Wildman–Crippen LogP) is 3.81.